The molecule has 0 amide bonds. The predicted molar refractivity (Wildman–Crippen MR) is 90.9 cm³/mol. The largest absolute Gasteiger partial charge is 0.490 e. The average molecular weight is 362 g/mol. The Hall–Kier alpha value is -0.230. The predicted octanol–water partition coefficient (Wildman–Crippen LogP) is 3.23. The Balaban J connectivity index is 2.14. The number of hydrogen-bond donors (Lipinski definition) is 2. The summed E-state index contributed by atoms with van der Waals surface area (Å²) in [6.45, 7) is 3.86. The van der Waals surface area contributed by atoms with E-state index in [2.05, 4.69) is 27.5 Å². The molecule has 20 heavy (non-hydrogen) atoms. The monoisotopic (exact) mass is 361 g/mol. The minimum atomic E-state index is -0.483. The lowest BCUT2D eigenvalue weighted by atomic mass is 10.2. The van der Waals surface area contributed by atoms with Gasteiger partial charge in [-0.1, -0.05) is 6.07 Å². The van der Waals surface area contributed by atoms with Crippen LogP contribution in [0.2, 0.25) is 0 Å². The standard InChI is InChI=1S/C15H24BrNO2S/c1-12-5-6-15(14(16)9-12)19-11-13(18)10-17-7-3-4-8-20-2/h5-6,9,13,17-18H,3-4,7-8,10-11H2,1-2H3. The first kappa shape index (κ1) is 17.8. The van der Waals surface area contributed by atoms with Gasteiger partial charge in [-0.15, -0.1) is 0 Å². The van der Waals surface area contributed by atoms with Gasteiger partial charge >= 0.3 is 0 Å². The van der Waals surface area contributed by atoms with Gasteiger partial charge in [0.05, 0.1) is 4.47 Å². The van der Waals surface area contributed by atoms with Crippen LogP contribution in [0, 0.1) is 6.92 Å². The fraction of sp³-hybridized carbons (Fsp3) is 0.600. The van der Waals surface area contributed by atoms with Crippen molar-refractivity contribution in [1.82, 2.24) is 5.32 Å². The van der Waals surface area contributed by atoms with E-state index in [1.54, 1.807) is 0 Å². The van der Waals surface area contributed by atoms with Gasteiger partial charge in [0, 0.05) is 6.54 Å². The Morgan fingerprint density at radius 2 is 2.20 bits per heavy atom. The summed E-state index contributed by atoms with van der Waals surface area (Å²) >= 11 is 5.33. The summed E-state index contributed by atoms with van der Waals surface area (Å²) in [5.41, 5.74) is 1.18. The molecule has 0 radical (unpaired) electrons. The number of thioether (sulfide) groups is 1. The van der Waals surface area contributed by atoms with Crippen LogP contribution < -0.4 is 10.1 Å². The molecule has 114 valence electrons. The molecule has 0 heterocycles. The highest BCUT2D eigenvalue weighted by atomic mass is 79.9. The second-order valence-electron chi connectivity index (χ2n) is 4.80. The van der Waals surface area contributed by atoms with Crippen LogP contribution in [0.4, 0.5) is 0 Å². The molecule has 0 saturated carbocycles. The van der Waals surface area contributed by atoms with Crippen molar-refractivity contribution in [3.05, 3.63) is 28.2 Å². The summed E-state index contributed by atoms with van der Waals surface area (Å²) in [6.07, 6.45) is 4.01. The normalized spacial score (nSPS) is 12.4. The van der Waals surface area contributed by atoms with Gasteiger partial charge in [0.1, 0.15) is 18.5 Å². The molecule has 0 aliphatic rings. The van der Waals surface area contributed by atoms with Crippen molar-refractivity contribution >= 4 is 27.7 Å². The van der Waals surface area contributed by atoms with Crippen LogP contribution in [0.3, 0.4) is 0 Å². The highest BCUT2D eigenvalue weighted by Gasteiger charge is 2.07. The molecule has 0 aromatic heterocycles. The van der Waals surface area contributed by atoms with Gasteiger partial charge in [-0.2, -0.15) is 11.8 Å². The first-order valence-electron chi connectivity index (χ1n) is 6.90. The number of halogens is 1. The molecule has 1 rings (SSSR count). The quantitative estimate of drug-likeness (QED) is 0.627. The lowest BCUT2D eigenvalue weighted by molar-refractivity contribution is 0.106. The number of hydrogen-bond acceptors (Lipinski definition) is 4. The van der Waals surface area contributed by atoms with Gasteiger partial charge in [0.2, 0.25) is 0 Å². The second kappa shape index (κ2) is 10.5. The Morgan fingerprint density at radius 1 is 1.40 bits per heavy atom. The second-order valence-corrected chi connectivity index (χ2v) is 6.64. The number of ether oxygens (including phenoxy) is 1. The van der Waals surface area contributed by atoms with E-state index in [0.717, 1.165) is 23.2 Å². The van der Waals surface area contributed by atoms with Crippen LogP contribution in [-0.4, -0.2) is 42.9 Å². The third-order valence-electron chi connectivity index (χ3n) is 2.85. The minimum Gasteiger partial charge on any atom is -0.490 e. The Bertz CT molecular complexity index is 390. The molecule has 0 bridgehead atoms. The van der Waals surface area contributed by atoms with Crippen LogP contribution in [0.1, 0.15) is 18.4 Å². The van der Waals surface area contributed by atoms with Crippen molar-refractivity contribution in [2.45, 2.75) is 25.9 Å². The molecule has 1 atom stereocenters. The molecule has 3 nitrogen and oxygen atoms in total. The van der Waals surface area contributed by atoms with E-state index in [4.69, 9.17) is 4.74 Å². The Morgan fingerprint density at radius 3 is 2.90 bits per heavy atom. The number of aryl methyl sites for hydroxylation is 1. The fourth-order valence-electron chi connectivity index (χ4n) is 1.73. The molecule has 0 fully saturated rings. The van der Waals surface area contributed by atoms with Crippen molar-refractivity contribution in [3.63, 3.8) is 0 Å². The van der Waals surface area contributed by atoms with E-state index in [1.807, 2.05) is 36.9 Å². The highest BCUT2D eigenvalue weighted by molar-refractivity contribution is 9.10. The number of nitrogens with one attached hydrogen (secondary N) is 1. The Labute approximate surface area is 134 Å². The first-order chi connectivity index (χ1) is 9.63. The number of aliphatic hydroxyl groups is 1. The van der Waals surface area contributed by atoms with Gasteiger partial charge in [0.15, 0.2) is 0 Å². The number of benzene rings is 1. The molecule has 0 spiro atoms. The van der Waals surface area contributed by atoms with Gasteiger partial charge in [-0.3, -0.25) is 0 Å². The molecule has 2 N–H and O–H groups in total. The van der Waals surface area contributed by atoms with Crippen molar-refractivity contribution < 1.29 is 9.84 Å². The molecule has 1 aromatic carbocycles. The van der Waals surface area contributed by atoms with Crippen LogP contribution in [-0.2, 0) is 0 Å². The molecule has 1 aromatic rings. The molecule has 5 heteroatoms. The first-order valence-corrected chi connectivity index (χ1v) is 9.09. The lowest BCUT2D eigenvalue weighted by Crippen LogP contribution is -2.32. The summed E-state index contributed by atoms with van der Waals surface area (Å²) in [5.74, 6) is 1.98. The summed E-state index contributed by atoms with van der Waals surface area (Å²) in [4.78, 5) is 0. The summed E-state index contributed by atoms with van der Waals surface area (Å²) in [5, 5.41) is 13.1. The maximum atomic E-state index is 9.85. The summed E-state index contributed by atoms with van der Waals surface area (Å²) < 4.78 is 6.53. The maximum absolute atomic E-state index is 9.85. The smallest absolute Gasteiger partial charge is 0.133 e. The fourth-order valence-corrected chi connectivity index (χ4v) is 2.83. The van der Waals surface area contributed by atoms with E-state index in [0.29, 0.717) is 13.2 Å². The van der Waals surface area contributed by atoms with Gasteiger partial charge in [0.25, 0.3) is 0 Å². The van der Waals surface area contributed by atoms with Crippen molar-refractivity contribution in [2.24, 2.45) is 0 Å². The van der Waals surface area contributed by atoms with E-state index in [9.17, 15) is 5.11 Å². The van der Waals surface area contributed by atoms with Gasteiger partial charge in [-0.25, -0.2) is 0 Å². The summed E-state index contributed by atoms with van der Waals surface area (Å²) in [6, 6.07) is 5.92. The number of rotatable bonds is 10. The van der Waals surface area contributed by atoms with Gasteiger partial charge in [-0.05, 0) is 71.9 Å². The molecular weight excluding hydrogens is 338 g/mol. The SMILES string of the molecule is CSCCCCNCC(O)COc1ccc(C)cc1Br. The van der Waals surface area contributed by atoms with Crippen LogP contribution >= 0.6 is 27.7 Å². The number of aliphatic hydroxyl groups excluding tert-OH is 1. The molecule has 0 aliphatic carbocycles. The van der Waals surface area contributed by atoms with Gasteiger partial charge < -0.3 is 15.2 Å². The van der Waals surface area contributed by atoms with Crippen molar-refractivity contribution in [1.29, 1.82) is 0 Å². The third kappa shape index (κ3) is 7.53. The van der Waals surface area contributed by atoms with E-state index < -0.39 is 6.10 Å². The van der Waals surface area contributed by atoms with Crippen molar-refractivity contribution in [3.8, 4) is 5.75 Å². The zero-order valence-electron chi connectivity index (χ0n) is 12.2. The van der Waals surface area contributed by atoms with Crippen LogP contribution in [0.5, 0.6) is 5.75 Å². The van der Waals surface area contributed by atoms with Crippen LogP contribution in [0.15, 0.2) is 22.7 Å². The van der Waals surface area contributed by atoms with Crippen molar-refractivity contribution in [2.75, 3.05) is 31.7 Å². The van der Waals surface area contributed by atoms with E-state index in [-0.39, 0.29) is 0 Å². The topological polar surface area (TPSA) is 41.5 Å². The number of unbranched alkanes of at least 4 members (excludes halogenated alkanes) is 1. The zero-order chi connectivity index (χ0) is 14.8. The zero-order valence-corrected chi connectivity index (χ0v) is 14.6. The highest BCUT2D eigenvalue weighted by Crippen LogP contribution is 2.25. The molecule has 1 unspecified atom stereocenters. The van der Waals surface area contributed by atoms with Crippen LogP contribution in [0.25, 0.3) is 0 Å². The lowest BCUT2D eigenvalue weighted by Gasteiger charge is -2.14. The maximum Gasteiger partial charge on any atom is 0.133 e. The average Bonchev–Trinajstić information content (AvgIpc) is 2.41. The summed E-state index contributed by atoms with van der Waals surface area (Å²) in [7, 11) is 0. The van der Waals surface area contributed by atoms with E-state index >= 15 is 0 Å². The minimum absolute atomic E-state index is 0.305. The molecule has 0 saturated heterocycles. The molecular formula is C15H24BrNO2S. The van der Waals surface area contributed by atoms with E-state index in [1.165, 1.54) is 17.7 Å². The molecule has 0 aliphatic heterocycles. The third-order valence-corrected chi connectivity index (χ3v) is 4.17. The Kier molecular flexibility index (Phi) is 9.35.